The molecule has 2 aromatic heterocycles. The summed E-state index contributed by atoms with van der Waals surface area (Å²) in [6.07, 6.45) is 4.93. The van der Waals surface area contributed by atoms with Crippen molar-refractivity contribution in [2.75, 3.05) is 26.2 Å². The number of sulfonamides is 1. The number of hydrogen-bond donors (Lipinski definition) is 0. The number of hydrogen-bond acceptors (Lipinski definition) is 5. The predicted octanol–water partition coefficient (Wildman–Crippen LogP) is 3.72. The molecule has 0 N–H and O–H groups in total. The minimum atomic E-state index is -3.48. The summed E-state index contributed by atoms with van der Waals surface area (Å²) in [6, 6.07) is 17.9. The first-order chi connectivity index (χ1) is 17.0. The van der Waals surface area contributed by atoms with Crippen LogP contribution in [0.2, 0.25) is 0 Å². The molecule has 3 heterocycles. The first-order valence-corrected chi connectivity index (χ1v) is 13.7. The zero-order valence-electron chi connectivity index (χ0n) is 19.9. The Kier molecular flexibility index (Phi) is 5.67. The maximum Gasteiger partial charge on any atom is 0.243 e. The van der Waals surface area contributed by atoms with Gasteiger partial charge in [-0.3, -0.25) is 9.47 Å². The van der Waals surface area contributed by atoms with Crippen LogP contribution in [0.4, 0.5) is 0 Å². The summed E-state index contributed by atoms with van der Waals surface area (Å²) >= 11 is 0. The van der Waals surface area contributed by atoms with E-state index in [0.717, 1.165) is 41.9 Å². The zero-order chi connectivity index (χ0) is 24.0. The van der Waals surface area contributed by atoms with Gasteiger partial charge in [0, 0.05) is 38.1 Å². The molecule has 7 nitrogen and oxygen atoms in total. The summed E-state index contributed by atoms with van der Waals surface area (Å²) in [7, 11) is -3.48. The minimum absolute atomic E-state index is 0.429. The molecule has 0 bridgehead atoms. The van der Waals surface area contributed by atoms with Crippen molar-refractivity contribution in [3.63, 3.8) is 0 Å². The van der Waals surface area contributed by atoms with E-state index in [1.165, 1.54) is 16.7 Å². The fourth-order valence-corrected chi connectivity index (χ4v) is 6.69. The van der Waals surface area contributed by atoms with E-state index in [0.29, 0.717) is 37.6 Å². The van der Waals surface area contributed by atoms with Gasteiger partial charge in [0.2, 0.25) is 10.0 Å². The van der Waals surface area contributed by atoms with Crippen molar-refractivity contribution in [1.29, 1.82) is 0 Å². The molecule has 2 aromatic carbocycles. The van der Waals surface area contributed by atoms with Gasteiger partial charge in [0.15, 0.2) is 5.65 Å². The van der Waals surface area contributed by atoms with Gasteiger partial charge < -0.3 is 0 Å². The third-order valence-electron chi connectivity index (χ3n) is 7.18. The Labute approximate surface area is 206 Å². The quantitative estimate of drug-likeness (QED) is 0.429. The molecule has 35 heavy (non-hydrogen) atoms. The summed E-state index contributed by atoms with van der Waals surface area (Å²) in [5, 5.41) is 0. The van der Waals surface area contributed by atoms with Crippen LogP contribution in [-0.2, 0) is 29.4 Å². The number of piperazine rings is 1. The van der Waals surface area contributed by atoms with Gasteiger partial charge in [-0.05, 0) is 73.7 Å². The standard InChI is InChI=1S/C27H29N5O2S/c1-20-7-10-23(11-8-20)32-26(29-25-6-3-13-28-27(25)32)19-30-14-16-31(17-15-30)35(33,34)24-12-9-21-4-2-5-22(21)18-24/h3,6-13,18H,2,4-5,14-17,19H2,1H3. The number of fused-ring (bicyclic) bond motifs is 2. The summed E-state index contributed by atoms with van der Waals surface area (Å²) in [5.41, 5.74) is 6.41. The van der Waals surface area contributed by atoms with Crippen molar-refractivity contribution in [2.24, 2.45) is 0 Å². The molecule has 4 aromatic rings. The number of pyridine rings is 1. The van der Waals surface area contributed by atoms with E-state index in [-0.39, 0.29) is 0 Å². The lowest BCUT2D eigenvalue weighted by Crippen LogP contribution is -2.48. The number of aromatic nitrogens is 3. The normalized spacial score (nSPS) is 17.2. The Hall–Kier alpha value is -3.07. The molecular formula is C27H29N5O2S. The summed E-state index contributed by atoms with van der Waals surface area (Å²) in [4.78, 5) is 12.2. The van der Waals surface area contributed by atoms with Crippen molar-refractivity contribution in [3.8, 4) is 5.69 Å². The fourth-order valence-electron chi connectivity index (χ4n) is 5.22. The predicted molar refractivity (Wildman–Crippen MR) is 136 cm³/mol. The molecule has 1 aliphatic heterocycles. The largest absolute Gasteiger partial charge is 0.293 e. The van der Waals surface area contributed by atoms with Crippen LogP contribution in [-0.4, -0.2) is 58.3 Å². The maximum atomic E-state index is 13.3. The van der Waals surface area contributed by atoms with Crippen molar-refractivity contribution in [3.05, 3.63) is 83.3 Å². The topological polar surface area (TPSA) is 71.3 Å². The van der Waals surface area contributed by atoms with E-state index in [2.05, 4.69) is 45.6 Å². The molecule has 1 saturated heterocycles. The average molecular weight is 488 g/mol. The van der Waals surface area contributed by atoms with E-state index in [1.807, 2.05) is 24.3 Å². The van der Waals surface area contributed by atoms with E-state index in [9.17, 15) is 8.42 Å². The third-order valence-corrected chi connectivity index (χ3v) is 9.08. The third kappa shape index (κ3) is 4.16. The van der Waals surface area contributed by atoms with Gasteiger partial charge in [0.25, 0.3) is 0 Å². The number of rotatable bonds is 5. The number of imidazole rings is 1. The molecule has 2 aliphatic rings. The highest BCUT2D eigenvalue weighted by Gasteiger charge is 2.30. The second-order valence-corrected chi connectivity index (χ2v) is 11.4. The second-order valence-electron chi connectivity index (χ2n) is 9.51. The molecule has 1 aliphatic carbocycles. The highest BCUT2D eigenvalue weighted by atomic mass is 32.2. The van der Waals surface area contributed by atoms with Crippen LogP contribution < -0.4 is 0 Å². The van der Waals surface area contributed by atoms with Crippen LogP contribution >= 0.6 is 0 Å². The highest BCUT2D eigenvalue weighted by molar-refractivity contribution is 7.89. The number of aryl methyl sites for hydroxylation is 3. The first-order valence-electron chi connectivity index (χ1n) is 12.2. The molecule has 0 atom stereocenters. The van der Waals surface area contributed by atoms with Gasteiger partial charge in [-0.2, -0.15) is 4.31 Å². The smallest absolute Gasteiger partial charge is 0.243 e. The van der Waals surface area contributed by atoms with Gasteiger partial charge >= 0.3 is 0 Å². The number of nitrogens with zero attached hydrogens (tertiary/aromatic N) is 5. The minimum Gasteiger partial charge on any atom is -0.293 e. The highest BCUT2D eigenvalue weighted by Crippen LogP contribution is 2.27. The molecule has 0 radical (unpaired) electrons. The monoisotopic (exact) mass is 487 g/mol. The second kappa shape index (κ2) is 8.86. The van der Waals surface area contributed by atoms with Gasteiger partial charge in [0.1, 0.15) is 11.3 Å². The van der Waals surface area contributed by atoms with Crippen LogP contribution in [0.3, 0.4) is 0 Å². The zero-order valence-corrected chi connectivity index (χ0v) is 20.7. The van der Waals surface area contributed by atoms with Crippen LogP contribution in [0.25, 0.3) is 16.9 Å². The fraction of sp³-hybridized carbons (Fsp3) is 0.333. The van der Waals surface area contributed by atoms with E-state index < -0.39 is 10.0 Å². The van der Waals surface area contributed by atoms with E-state index in [4.69, 9.17) is 4.98 Å². The molecule has 6 rings (SSSR count). The Balaban J connectivity index is 1.21. The van der Waals surface area contributed by atoms with Crippen LogP contribution in [0.1, 0.15) is 28.9 Å². The van der Waals surface area contributed by atoms with Crippen LogP contribution in [0.15, 0.2) is 65.7 Å². The lowest BCUT2D eigenvalue weighted by Gasteiger charge is -2.33. The van der Waals surface area contributed by atoms with Gasteiger partial charge in [-0.25, -0.2) is 18.4 Å². The van der Waals surface area contributed by atoms with Crippen LogP contribution in [0, 0.1) is 6.92 Å². The molecule has 180 valence electrons. The molecule has 0 amide bonds. The van der Waals surface area contributed by atoms with E-state index >= 15 is 0 Å². The lowest BCUT2D eigenvalue weighted by atomic mass is 10.1. The summed E-state index contributed by atoms with van der Waals surface area (Å²) in [6.45, 7) is 4.98. The van der Waals surface area contributed by atoms with Crippen molar-refractivity contribution in [2.45, 2.75) is 37.6 Å². The molecule has 0 spiro atoms. The Bertz CT molecular complexity index is 1490. The van der Waals surface area contributed by atoms with Crippen molar-refractivity contribution >= 4 is 21.2 Å². The number of benzene rings is 2. The maximum absolute atomic E-state index is 13.3. The summed E-state index contributed by atoms with van der Waals surface area (Å²) < 4.78 is 30.4. The van der Waals surface area contributed by atoms with Gasteiger partial charge in [-0.15, -0.1) is 0 Å². The Morgan fingerprint density at radius 2 is 1.69 bits per heavy atom. The SMILES string of the molecule is Cc1ccc(-n2c(CN3CCN(S(=O)(=O)c4ccc5c(c4)CCC5)CC3)nc3cccnc32)cc1. The van der Waals surface area contributed by atoms with Crippen molar-refractivity contribution < 1.29 is 8.42 Å². The molecular weight excluding hydrogens is 458 g/mol. The van der Waals surface area contributed by atoms with E-state index in [1.54, 1.807) is 16.6 Å². The molecule has 8 heteroatoms. The Morgan fingerprint density at radius 3 is 2.49 bits per heavy atom. The molecule has 0 unspecified atom stereocenters. The van der Waals surface area contributed by atoms with Gasteiger partial charge in [0.05, 0.1) is 11.4 Å². The van der Waals surface area contributed by atoms with Crippen molar-refractivity contribution in [1.82, 2.24) is 23.7 Å². The average Bonchev–Trinajstić information content (AvgIpc) is 3.49. The molecule has 1 fully saturated rings. The van der Waals surface area contributed by atoms with Gasteiger partial charge in [-0.1, -0.05) is 23.8 Å². The Morgan fingerprint density at radius 1 is 0.914 bits per heavy atom. The first kappa shape index (κ1) is 22.4. The molecule has 0 saturated carbocycles. The summed E-state index contributed by atoms with van der Waals surface area (Å²) in [5.74, 6) is 0.914. The lowest BCUT2D eigenvalue weighted by molar-refractivity contribution is 0.177. The van der Waals surface area contributed by atoms with Crippen LogP contribution in [0.5, 0.6) is 0 Å².